The maximum absolute atomic E-state index is 13.6. The molecule has 8 heteroatoms. The first-order valence-corrected chi connectivity index (χ1v) is 9.32. The van der Waals surface area contributed by atoms with Gasteiger partial charge in [-0.15, -0.1) is 0 Å². The first-order valence-electron chi connectivity index (χ1n) is 9.32. The van der Waals surface area contributed by atoms with E-state index in [1.807, 2.05) is 7.05 Å². The topological polar surface area (TPSA) is 41.4 Å². The van der Waals surface area contributed by atoms with Crippen molar-refractivity contribution < 1.29 is 18.0 Å². The van der Waals surface area contributed by atoms with Crippen molar-refractivity contribution in [2.24, 2.45) is 5.92 Å². The smallest absolute Gasteiger partial charge is 0.339 e. The van der Waals surface area contributed by atoms with Crippen LogP contribution in [0.1, 0.15) is 60.4 Å². The number of likely N-dealkylation sites (tertiary alicyclic amines) is 2. The van der Waals surface area contributed by atoms with Crippen molar-refractivity contribution in [1.29, 1.82) is 0 Å². The molecule has 0 bridgehead atoms. The molecule has 2 saturated heterocycles. The lowest BCUT2D eigenvalue weighted by Crippen LogP contribution is -2.39. The number of halogens is 3. The van der Waals surface area contributed by atoms with Crippen LogP contribution in [0.25, 0.3) is 0 Å². The van der Waals surface area contributed by atoms with Gasteiger partial charge in [0.1, 0.15) is 0 Å². The number of carbonyl (C=O) groups excluding carboxylic acids is 1. The van der Waals surface area contributed by atoms with E-state index in [0.29, 0.717) is 24.7 Å². The highest BCUT2D eigenvalue weighted by Gasteiger charge is 2.42. The van der Waals surface area contributed by atoms with Gasteiger partial charge in [-0.05, 0) is 58.7 Å². The van der Waals surface area contributed by atoms with Gasteiger partial charge in [0.2, 0.25) is 0 Å². The van der Waals surface area contributed by atoms with Gasteiger partial charge >= 0.3 is 6.18 Å². The molecule has 0 atom stereocenters. The second-order valence-electron chi connectivity index (χ2n) is 7.76. The van der Waals surface area contributed by atoms with Crippen molar-refractivity contribution in [1.82, 2.24) is 19.6 Å². The average molecular weight is 372 g/mol. The summed E-state index contributed by atoms with van der Waals surface area (Å²) in [6.45, 7) is 6.36. The fourth-order valence-electron chi connectivity index (χ4n) is 3.94. The van der Waals surface area contributed by atoms with Crippen LogP contribution in [-0.2, 0) is 6.18 Å². The molecule has 146 valence electrons. The van der Waals surface area contributed by atoms with Crippen LogP contribution in [0.3, 0.4) is 0 Å². The number of piperidine rings is 2. The van der Waals surface area contributed by atoms with Crippen molar-refractivity contribution in [2.45, 2.75) is 51.7 Å². The van der Waals surface area contributed by atoms with Crippen LogP contribution in [0.15, 0.2) is 0 Å². The predicted molar refractivity (Wildman–Crippen MR) is 92.0 cm³/mol. The Kier molecular flexibility index (Phi) is 5.33. The molecule has 0 saturated carbocycles. The number of hydrogen-bond acceptors (Lipinski definition) is 3. The molecule has 2 aliphatic rings. The monoisotopic (exact) mass is 372 g/mol. The van der Waals surface area contributed by atoms with Gasteiger partial charge in [-0.2, -0.15) is 18.3 Å². The lowest BCUT2D eigenvalue weighted by molar-refractivity contribution is -0.142. The highest BCUT2D eigenvalue weighted by Crippen LogP contribution is 2.36. The van der Waals surface area contributed by atoms with E-state index in [4.69, 9.17) is 0 Å². The number of aromatic nitrogens is 2. The predicted octanol–water partition coefficient (Wildman–Crippen LogP) is 3.35. The number of amides is 1. The molecule has 0 aliphatic carbocycles. The van der Waals surface area contributed by atoms with Crippen LogP contribution in [0, 0.1) is 12.8 Å². The van der Waals surface area contributed by atoms with Crippen LogP contribution in [0.4, 0.5) is 13.2 Å². The zero-order chi connectivity index (χ0) is 19.1. The van der Waals surface area contributed by atoms with Gasteiger partial charge in [-0.3, -0.25) is 9.48 Å². The molecule has 3 rings (SSSR count). The molecule has 0 N–H and O–H groups in total. The average Bonchev–Trinajstić information content (AvgIpc) is 2.93. The third-order valence-electron chi connectivity index (χ3n) is 5.74. The van der Waals surface area contributed by atoms with E-state index in [1.165, 1.54) is 4.68 Å². The summed E-state index contributed by atoms with van der Waals surface area (Å²) in [5.41, 5.74) is -0.945. The standard InChI is InChI=1S/C18H27F3N4O/c1-12-4-10-24(11-5-12)17(26)15-13(2)25(22-16(15)18(19,20)21)14-6-8-23(3)9-7-14/h12,14H,4-11H2,1-3H3. The largest absolute Gasteiger partial charge is 0.435 e. The molecular formula is C18H27F3N4O. The third kappa shape index (κ3) is 3.75. The summed E-state index contributed by atoms with van der Waals surface area (Å²) in [5.74, 6) is -0.0231. The molecule has 1 amide bonds. The normalized spacial score (nSPS) is 21.4. The number of carbonyl (C=O) groups is 1. The van der Waals surface area contributed by atoms with E-state index < -0.39 is 17.8 Å². The molecule has 1 aromatic rings. The van der Waals surface area contributed by atoms with Crippen molar-refractivity contribution in [2.75, 3.05) is 33.2 Å². The molecule has 0 aromatic carbocycles. The van der Waals surface area contributed by atoms with Gasteiger partial charge in [0.05, 0.1) is 11.6 Å². The third-order valence-corrected chi connectivity index (χ3v) is 5.74. The molecule has 0 radical (unpaired) electrons. The summed E-state index contributed by atoms with van der Waals surface area (Å²) in [5, 5.41) is 3.89. The Balaban J connectivity index is 1.94. The number of alkyl halides is 3. The summed E-state index contributed by atoms with van der Waals surface area (Å²) in [7, 11) is 2.00. The van der Waals surface area contributed by atoms with Crippen molar-refractivity contribution in [3.8, 4) is 0 Å². The Hall–Kier alpha value is -1.57. The van der Waals surface area contributed by atoms with Gasteiger partial charge in [-0.25, -0.2) is 0 Å². The lowest BCUT2D eigenvalue weighted by Gasteiger charge is -2.31. The van der Waals surface area contributed by atoms with Gasteiger partial charge in [0, 0.05) is 18.8 Å². The molecule has 2 fully saturated rings. The number of rotatable bonds is 2. The van der Waals surface area contributed by atoms with Crippen LogP contribution in [0.5, 0.6) is 0 Å². The minimum Gasteiger partial charge on any atom is -0.339 e. The highest BCUT2D eigenvalue weighted by atomic mass is 19.4. The van der Waals surface area contributed by atoms with Gasteiger partial charge in [0.15, 0.2) is 5.69 Å². The summed E-state index contributed by atoms with van der Waals surface area (Å²) in [6, 6.07) is -0.0878. The summed E-state index contributed by atoms with van der Waals surface area (Å²) < 4.78 is 42.3. The Morgan fingerprint density at radius 3 is 2.19 bits per heavy atom. The molecule has 2 aliphatic heterocycles. The van der Waals surface area contributed by atoms with Gasteiger partial charge in [0.25, 0.3) is 5.91 Å². The van der Waals surface area contributed by atoms with Gasteiger partial charge < -0.3 is 9.80 Å². The summed E-state index contributed by atoms with van der Waals surface area (Å²) >= 11 is 0. The Bertz CT molecular complexity index is 654. The minimum atomic E-state index is -4.63. The van der Waals surface area contributed by atoms with Crippen LogP contribution >= 0.6 is 0 Å². The van der Waals surface area contributed by atoms with E-state index >= 15 is 0 Å². The van der Waals surface area contributed by atoms with Crippen LogP contribution in [-0.4, -0.2) is 58.7 Å². The van der Waals surface area contributed by atoms with Gasteiger partial charge in [-0.1, -0.05) is 6.92 Å². The first-order chi connectivity index (χ1) is 12.2. The van der Waals surface area contributed by atoms with Crippen molar-refractivity contribution in [3.63, 3.8) is 0 Å². The van der Waals surface area contributed by atoms with E-state index in [2.05, 4.69) is 16.9 Å². The first kappa shape index (κ1) is 19.2. The molecule has 5 nitrogen and oxygen atoms in total. The molecular weight excluding hydrogens is 345 g/mol. The second-order valence-corrected chi connectivity index (χ2v) is 7.76. The zero-order valence-corrected chi connectivity index (χ0v) is 15.6. The zero-order valence-electron chi connectivity index (χ0n) is 15.6. The van der Waals surface area contributed by atoms with E-state index in [9.17, 15) is 18.0 Å². The summed E-state index contributed by atoms with van der Waals surface area (Å²) in [6.07, 6.45) is -1.49. The van der Waals surface area contributed by atoms with E-state index in [1.54, 1.807) is 11.8 Å². The number of nitrogens with zero attached hydrogens (tertiary/aromatic N) is 4. The highest BCUT2D eigenvalue weighted by molar-refractivity contribution is 5.96. The van der Waals surface area contributed by atoms with Crippen molar-refractivity contribution in [3.05, 3.63) is 17.0 Å². The fourth-order valence-corrected chi connectivity index (χ4v) is 3.94. The minimum absolute atomic E-state index is 0.0878. The van der Waals surface area contributed by atoms with E-state index in [0.717, 1.165) is 38.8 Å². The van der Waals surface area contributed by atoms with Crippen molar-refractivity contribution >= 4 is 5.91 Å². The molecule has 1 aromatic heterocycles. The van der Waals surface area contributed by atoms with Crippen LogP contribution in [0.2, 0.25) is 0 Å². The quantitative estimate of drug-likeness (QED) is 0.800. The SMILES string of the molecule is Cc1c(C(=O)N2CCC(C)CC2)c(C(F)(F)F)nn1C1CCN(C)CC1. The number of hydrogen-bond donors (Lipinski definition) is 0. The maximum Gasteiger partial charge on any atom is 0.435 e. The molecule has 0 unspecified atom stereocenters. The molecule has 3 heterocycles. The van der Waals surface area contributed by atoms with E-state index in [-0.39, 0.29) is 11.6 Å². The maximum atomic E-state index is 13.6. The molecule has 26 heavy (non-hydrogen) atoms. The summed E-state index contributed by atoms with van der Waals surface area (Å²) in [4.78, 5) is 16.6. The lowest BCUT2D eigenvalue weighted by atomic mass is 9.98. The molecule has 0 spiro atoms. The second kappa shape index (κ2) is 7.21. The Labute approximate surface area is 152 Å². The van der Waals surface area contributed by atoms with Crippen LogP contribution < -0.4 is 0 Å². The Morgan fingerprint density at radius 1 is 1.08 bits per heavy atom. The Morgan fingerprint density at radius 2 is 1.65 bits per heavy atom. The fraction of sp³-hybridized carbons (Fsp3) is 0.778.